The number of unbranched alkanes of at least 4 members (excludes halogenated alkanes) is 1. The van der Waals surface area contributed by atoms with Gasteiger partial charge in [0.2, 0.25) is 11.8 Å². The third-order valence-electron chi connectivity index (χ3n) is 6.43. The van der Waals surface area contributed by atoms with Gasteiger partial charge in [-0.25, -0.2) is 9.78 Å². The van der Waals surface area contributed by atoms with Gasteiger partial charge in [-0.05, 0) is 48.6 Å². The topological polar surface area (TPSA) is 147 Å². The predicted octanol–water partition coefficient (Wildman–Crippen LogP) is 4.08. The lowest BCUT2D eigenvalue weighted by molar-refractivity contribution is -0.202. The number of alkyl halides is 3. The van der Waals surface area contributed by atoms with Crippen LogP contribution in [0.5, 0.6) is 0 Å². The molecule has 3 aromatic rings. The van der Waals surface area contributed by atoms with E-state index in [9.17, 15) is 37.5 Å². The van der Waals surface area contributed by atoms with Gasteiger partial charge < -0.3 is 25.8 Å². The Kier molecular flexibility index (Phi) is 12.4. The number of pyridine rings is 1. The van der Waals surface area contributed by atoms with Gasteiger partial charge in [-0.1, -0.05) is 60.7 Å². The summed E-state index contributed by atoms with van der Waals surface area (Å²) in [6.07, 6.45) is -4.79. The van der Waals surface area contributed by atoms with Crippen molar-refractivity contribution < 1.29 is 42.2 Å². The normalized spacial score (nSPS) is 13.2. The summed E-state index contributed by atoms with van der Waals surface area (Å²) in [4.78, 5) is 53.4. The zero-order chi connectivity index (χ0) is 32.1. The fourth-order valence-corrected chi connectivity index (χ4v) is 4.17. The first-order valence-electron chi connectivity index (χ1n) is 13.8. The Balaban J connectivity index is 1.66. The van der Waals surface area contributed by atoms with Crippen molar-refractivity contribution in [2.75, 3.05) is 11.9 Å². The first-order chi connectivity index (χ1) is 20.9. The molecule has 1 aromatic heterocycles. The van der Waals surface area contributed by atoms with E-state index in [4.69, 9.17) is 0 Å². The number of amides is 2. The molecule has 0 saturated carbocycles. The van der Waals surface area contributed by atoms with Crippen molar-refractivity contribution in [1.82, 2.24) is 15.6 Å². The lowest BCUT2D eigenvalue weighted by Gasteiger charge is -2.25. The highest BCUT2D eigenvalue weighted by Crippen LogP contribution is 2.25. The molecular weight excluding hydrogens is 581 g/mol. The van der Waals surface area contributed by atoms with Gasteiger partial charge in [-0.3, -0.25) is 14.4 Å². The van der Waals surface area contributed by atoms with E-state index >= 15 is 0 Å². The number of ether oxygens (including phenoxy) is 1. The summed E-state index contributed by atoms with van der Waals surface area (Å²) in [7, 11) is 0. The summed E-state index contributed by atoms with van der Waals surface area (Å²) in [5.74, 6) is -4.92. The smallest absolute Gasteiger partial charge is 0.391 e. The van der Waals surface area contributed by atoms with Crippen LogP contribution in [0.2, 0.25) is 0 Å². The van der Waals surface area contributed by atoms with Crippen molar-refractivity contribution in [3.8, 4) is 11.1 Å². The number of aromatic nitrogens is 1. The molecule has 0 aliphatic heterocycles. The molecule has 3 atom stereocenters. The minimum absolute atomic E-state index is 0.0522. The van der Waals surface area contributed by atoms with E-state index in [2.05, 4.69) is 25.7 Å². The Labute approximate surface area is 252 Å². The van der Waals surface area contributed by atoms with E-state index < -0.39 is 54.5 Å². The van der Waals surface area contributed by atoms with Crippen LogP contribution in [0.4, 0.5) is 19.0 Å². The van der Waals surface area contributed by atoms with Gasteiger partial charge in [0, 0.05) is 19.2 Å². The first kappa shape index (κ1) is 33.7. The number of nitrogens with one attached hydrogen (secondary N) is 3. The number of hydrogen-bond acceptors (Lipinski definition) is 8. The Hall–Kier alpha value is -4.78. The highest BCUT2D eigenvalue weighted by atomic mass is 19.4. The average Bonchev–Trinajstić information content (AvgIpc) is 2.99. The van der Waals surface area contributed by atoms with Crippen molar-refractivity contribution in [2.24, 2.45) is 0 Å². The summed E-state index contributed by atoms with van der Waals surface area (Å²) in [5.41, 5.74) is 1.98. The summed E-state index contributed by atoms with van der Waals surface area (Å²) in [5, 5.41) is 18.3. The number of carbonyl (C=O) groups excluding carboxylic acids is 4. The molecule has 1 unspecified atom stereocenters. The predicted molar refractivity (Wildman–Crippen MR) is 155 cm³/mol. The number of carbonyl (C=O) groups is 4. The van der Waals surface area contributed by atoms with Gasteiger partial charge in [-0.2, -0.15) is 13.2 Å². The van der Waals surface area contributed by atoms with Crippen molar-refractivity contribution in [2.45, 2.75) is 57.0 Å². The van der Waals surface area contributed by atoms with Crippen LogP contribution in [0.25, 0.3) is 11.1 Å². The zero-order valence-corrected chi connectivity index (χ0v) is 23.8. The molecule has 1 heterocycles. The fourth-order valence-electron chi connectivity index (χ4n) is 4.17. The third kappa shape index (κ3) is 10.8. The van der Waals surface area contributed by atoms with Crippen LogP contribution in [-0.4, -0.2) is 58.7 Å². The molecule has 0 spiro atoms. The molecular formula is C31H33F3N4O6. The molecule has 0 saturated heterocycles. The van der Waals surface area contributed by atoms with Crippen LogP contribution in [0.15, 0.2) is 79.0 Å². The maximum atomic E-state index is 13.2. The molecule has 13 heteroatoms. The van der Waals surface area contributed by atoms with E-state index in [-0.39, 0.29) is 6.42 Å². The van der Waals surface area contributed by atoms with Gasteiger partial charge >= 0.3 is 18.1 Å². The average molecular weight is 615 g/mol. The largest absolute Gasteiger partial charge is 0.491 e. The molecule has 4 N–H and O–H groups in total. The van der Waals surface area contributed by atoms with Crippen LogP contribution in [0.3, 0.4) is 0 Å². The van der Waals surface area contributed by atoms with Crippen molar-refractivity contribution in [3.63, 3.8) is 0 Å². The van der Waals surface area contributed by atoms with Crippen LogP contribution in [0, 0.1) is 0 Å². The number of halogens is 3. The lowest BCUT2D eigenvalue weighted by atomic mass is 9.98. The highest BCUT2D eigenvalue weighted by Gasteiger charge is 2.42. The number of benzene rings is 2. The van der Waals surface area contributed by atoms with Crippen LogP contribution in [-0.2, 0) is 23.9 Å². The molecule has 2 amide bonds. The number of rotatable bonds is 14. The second-order valence-electron chi connectivity index (χ2n) is 9.90. The second-order valence-corrected chi connectivity index (χ2v) is 9.90. The maximum absolute atomic E-state index is 13.2. The molecule has 0 aliphatic carbocycles. The summed E-state index contributed by atoms with van der Waals surface area (Å²) < 4.78 is 41.8. The number of anilines is 1. The Morgan fingerprint density at radius 3 is 2.16 bits per heavy atom. The molecule has 0 radical (unpaired) electrons. The molecule has 0 bridgehead atoms. The zero-order valence-electron chi connectivity index (χ0n) is 23.8. The number of esters is 2. The second kappa shape index (κ2) is 16.2. The lowest BCUT2D eigenvalue weighted by Crippen LogP contribution is -2.53. The summed E-state index contributed by atoms with van der Waals surface area (Å²) in [6.45, 7) is 1.84. The van der Waals surface area contributed by atoms with Crippen LogP contribution in [0.1, 0.15) is 44.2 Å². The van der Waals surface area contributed by atoms with Gasteiger partial charge in [-0.15, -0.1) is 0 Å². The minimum Gasteiger partial charge on any atom is -0.391 e. The van der Waals surface area contributed by atoms with E-state index in [1.807, 2.05) is 36.4 Å². The van der Waals surface area contributed by atoms with Crippen LogP contribution >= 0.6 is 0 Å². The van der Waals surface area contributed by atoms with E-state index in [1.165, 1.54) is 6.92 Å². The molecule has 2 aromatic carbocycles. The first-order valence-corrected chi connectivity index (χ1v) is 13.8. The van der Waals surface area contributed by atoms with Crippen molar-refractivity contribution in [3.05, 3.63) is 84.6 Å². The Bertz CT molecular complexity index is 1390. The van der Waals surface area contributed by atoms with E-state index in [0.717, 1.165) is 11.1 Å². The molecule has 10 nitrogen and oxygen atoms in total. The number of aliphatic hydroxyl groups is 1. The number of nitrogens with zero attached hydrogens (tertiary/aromatic N) is 1. The SMILES string of the molecule is C[C@H](O)[C@H](NC(=O)CCCCNc1ccccn1)C(=O)NC(CC(=O)OC(=O)C(F)(F)F)c1ccc(-c2ccccc2)cc1. The molecule has 44 heavy (non-hydrogen) atoms. The monoisotopic (exact) mass is 614 g/mol. The summed E-state index contributed by atoms with van der Waals surface area (Å²) >= 11 is 0. The Morgan fingerprint density at radius 2 is 1.55 bits per heavy atom. The molecule has 234 valence electrons. The quantitative estimate of drug-likeness (QED) is 0.121. The Morgan fingerprint density at radius 1 is 0.886 bits per heavy atom. The summed E-state index contributed by atoms with van der Waals surface area (Å²) in [6, 6.07) is 18.5. The van der Waals surface area contributed by atoms with Crippen LogP contribution < -0.4 is 16.0 Å². The highest BCUT2D eigenvalue weighted by molar-refractivity contribution is 5.90. The van der Waals surface area contributed by atoms with E-state index in [0.29, 0.717) is 30.8 Å². The third-order valence-corrected chi connectivity index (χ3v) is 6.43. The number of hydrogen-bond donors (Lipinski definition) is 4. The van der Waals surface area contributed by atoms with Gasteiger partial charge in [0.1, 0.15) is 11.9 Å². The van der Waals surface area contributed by atoms with Gasteiger partial charge in [0.25, 0.3) is 0 Å². The standard InChI is InChI=1S/C31H33F3N4O6/c1-20(39)28(38-26(40)12-6-8-18-36-25-11-5-7-17-35-25)29(42)37-24(19-27(41)44-30(43)31(32,33)34)23-15-13-22(14-16-23)21-9-3-2-4-10-21/h2-5,7,9-11,13-17,20,24,28,39H,6,8,12,18-19H2,1H3,(H,35,36)(H,37,42)(H,38,40)/t20-,24?,28-/m0/s1. The molecule has 0 aliphatic rings. The maximum Gasteiger partial charge on any atom is 0.491 e. The van der Waals surface area contributed by atoms with Gasteiger partial charge in [0.15, 0.2) is 0 Å². The van der Waals surface area contributed by atoms with Crippen molar-refractivity contribution in [1.29, 1.82) is 0 Å². The fraction of sp³-hybridized carbons (Fsp3) is 0.323. The number of aliphatic hydroxyl groups excluding tert-OH is 1. The van der Waals surface area contributed by atoms with E-state index in [1.54, 1.807) is 42.6 Å². The minimum atomic E-state index is -5.39. The van der Waals surface area contributed by atoms with Crippen molar-refractivity contribution >= 4 is 29.6 Å². The molecule has 3 rings (SSSR count). The molecule has 0 fully saturated rings. The van der Waals surface area contributed by atoms with Gasteiger partial charge in [0.05, 0.1) is 18.6 Å².